The molecule has 5 heteroatoms. The Morgan fingerprint density at radius 3 is 2.75 bits per heavy atom. The van der Waals surface area contributed by atoms with Crippen molar-refractivity contribution in [3.63, 3.8) is 0 Å². The summed E-state index contributed by atoms with van der Waals surface area (Å²) in [6, 6.07) is 9.74. The molecule has 3 nitrogen and oxygen atoms in total. The van der Waals surface area contributed by atoms with Crippen molar-refractivity contribution < 1.29 is 14.3 Å². The molecule has 2 aromatic carbocycles. The molecule has 0 aliphatic rings. The number of hydrogen-bond acceptors (Lipinski definition) is 2. The third-order valence-electron chi connectivity index (χ3n) is 2.89. The number of phenols is 1. The minimum atomic E-state index is -0.428. The Kier molecular flexibility index (Phi) is 4.25. The second-order valence-corrected chi connectivity index (χ2v) is 4.82. The second kappa shape index (κ2) is 5.92. The standard InChI is InChI=1S/C15H13ClFNO2/c1-9(10-3-2-4-11(17)7-10)18-15(20)13-8-12(19)5-6-14(13)16/h2-9,19H,1H3,(H,18,20). The second-order valence-electron chi connectivity index (χ2n) is 4.41. The number of amides is 1. The lowest BCUT2D eigenvalue weighted by atomic mass is 10.1. The summed E-state index contributed by atoms with van der Waals surface area (Å²) in [5.74, 6) is -0.834. The van der Waals surface area contributed by atoms with Gasteiger partial charge in [0.05, 0.1) is 16.6 Å². The van der Waals surface area contributed by atoms with Gasteiger partial charge in [0.25, 0.3) is 5.91 Å². The van der Waals surface area contributed by atoms with E-state index in [2.05, 4.69) is 5.32 Å². The smallest absolute Gasteiger partial charge is 0.253 e. The number of halogens is 2. The number of hydrogen-bond donors (Lipinski definition) is 2. The van der Waals surface area contributed by atoms with Crippen LogP contribution in [-0.2, 0) is 0 Å². The average molecular weight is 294 g/mol. The molecule has 0 heterocycles. The molecule has 0 spiro atoms. The van der Waals surface area contributed by atoms with Gasteiger partial charge in [0.15, 0.2) is 0 Å². The fourth-order valence-corrected chi connectivity index (χ4v) is 2.02. The average Bonchev–Trinajstić information content (AvgIpc) is 2.41. The first-order chi connectivity index (χ1) is 9.47. The minimum Gasteiger partial charge on any atom is -0.508 e. The molecule has 0 aromatic heterocycles. The van der Waals surface area contributed by atoms with Gasteiger partial charge in [-0.25, -0.2) is 4.39 Å². The highest BCUT2D eigenvalue weighted by Gasteiger charge is 2.15. The van der Waals surface area contributed by atoms with Gasteiger partial charge in [0, 0.05) is 0 Å². The van der Waals surface area contributed by atoms with E-state index in [1.54, 1.807) is 19.1 Å². The van der Waals surface area contributed by atoms with Crippen LogP contribution in [0.25, 0.3) is 0 Å². The normalized spacial score (nSPS) is 11.9. The van der Waals surface area contributed by atoms with Crippen molar-refractivity contribution in [2.45, 2.75) is 13.0 Å². The molecule has 0 aliphatic heterocycles. The first-order valence-electron chi connectivity index (χ1n) is 6.02. The predicted molar refractivity (Wildman–Crippen MR) is 75.4 cm³/mol. The van der Waals surface area contributed by atoms with E-state index in [1.165, 1.54) is 30.3 Å². The lowest BCUT2D eigenvalue weighted by Crippen LogP contribution is -2.26. The van der Waals surface area contributed by atoms with Gasteiger partial charge in [-0.05, 0) is 42.8 Å². The van der Waals surface area contributed by atoms with Gasteiger partial charge in [0.2, 0.25) is 0 Å². The van der Waals surface area contributed by atoms with Gasteiger partial charge in [-0.1, -0.05) is 23.7 Å². The van der Waals surface area contributed by atoms with Crippen LogP contribution in [0.15, 0.2) is 42.5 Å². The fourth-order valence-electron chi connectivity index (χ4n) is 1.82. The van der Waals surface area contributed by atoms with Crippen LogP contribution in [-0.4, -0.2) is 11.0 Å². The van der Waals surface area contributed by atoms with Gasteiger partial charge >= 0.3 is 0 Å². The Bertz CT molecular complexity index is 646. The molecule has 104 valence electrons. The zero-order valence-corrected chi connectivity index (χ0v) is 11.5. The van der Waals surface area contributed by atoms with Crippen molar-refractivity contribution in [1.82, 2.24) is 5.32 Å². The van der Waals surface area contributed by atoms with E-state index in [4.69, 9.17) is 11.6 Å². The highest BCUT2D eigenvalue weighted by atomic mass is 35.5. The maximum absolute atomic E-state index is 13.1. The van der Waals surface area contributed by atoms with E-state index in [0.29, 0.717) is 5.56 Å². The predicted octanol–water partition coefficient (Wildman–Crippen LogP) is 3.68. The summed E-state index contributed by atoms with van der Waals surface area (Å²) in [5, 5.41) is 12.3. The van der Waals surface area contributed by atoms with Crippen molar-refractivity contribution in [3.05, 3.63) is 64.4 Å². The molecule has 1 amide bonds. The van der Waals surface area contributed by atoms with Crippen LogP contribution in [0.1, 0.15) is 28.9 Å². The van der Waals surface area contributed by atoms with Gasteiger partial charge in [-0.15, -0.1) is 0 Å². The van der Waals surface area contributed by atoms with Crippen molar-refractivity contribution >= 4 is 17.5 Å². The number of carbonyl (C=O) groups excluding carboxylic acids is 1. The SMILES string of the molecule is CC(NC(=O)c1cc(O)ccc1Cl)c1cccc(F)c1. The number of nitrogens with one attached hydrogen (secondary N) is 1. The monoisotopic (exact) mass is 293 g/mol. The number of carbonyl (C=O) groups is 1. The Morgan fingerprint density at radius 1 is 1.30 bits per heavy atom. The third-order valence-corrected chi connectivity index (χ3v) is 3.22. The summed E-state index contributed by atoms with van der Waals surface area (Å²) in [5.41, 5.74) is 0.824. The molecular formula is C15H13ClFNO2. The lowest BCUT2D eigenvalue weighted by molar-refractivity contribution is 0.0939. The van der Waals surface area contributed by atoms with Crippen molar-refractivity contribution in [2.75, 3.05) is 0 Å². The molecule has 2 N–H and O–H groups in total. The first-order valence-corrected chi connectivity index (χ1v) is 6.40. The Labute approximate surface area is 121 Å². The number of aromatic hydroxyl groups is 1. The highest BCUT2D eigenvalue weighted by Crippen LogP contribution is 2.22. The van der Waals surface area contributed by atoms with Gasteiger partial charge in [-0.3, -0.25) is 4.79 Å². The molecule has 2 aromatic rings. The number of rotatable bonds is 3. The Hall–Kier alpha value is -2.07. The molecule has 0 saturated carbocycles. The van der Waals surface area contributed by atoms with Crippen LogP contribution < -0.4 is 5.32 Å². The minimum absolute atomic E-state index is 0.0436. The van der Waals surface area contributed by atoms with Gasteiger partial charge in [-0.2, -0.15) is 0 Å². The summed E-state index contributed by atoms with van der Waals surface area (Å²) in [6.07, 6.45) is 0. The molecule has 20 heavy (non-hydrogen) atoms. The number of phenolic OH excluding ortho intramolecular Hbond substituents is 1. The van der Waals surface area contributed by atoms with Crippen LogP contribution in [0.3, 0.4) is 0 Å². The van der Waals surface area contributed by atoms with Crippen LogP contribution >= 0.6 is 11.6 Å². The molecule has 0 aliphatic carbocycles. The quantitative estimate of drug-likeness (QED) is 0.907. The molecule has 0 saturated heterocycles. The molecule has 1 atom stereocenters. The zero-order chi connectivity index (χ0) is 14.7. The summed E-state index contributed by atoms with van der Waals surface area (Å²) >= 11 is 5.91. The van der Waals surface area contributed by atoms with Crippen molar-refractivity contribution in [1.29, 1.82) is 0 Å². The van der Waals surface area contributed by atoms with E-state index >= 15 is 0 Å². The summed E-state index contributed by atoms with van der Waals surface area (Å²) < 4.78 is 13.1. The largest absolute Gasteiger partial charge is 0.508 e. The molecule has 0 bridgehead atoms. The summed E-state index contributed by atoms with van der Waals surface area (Å²) in [4.78, 5) is 12.1. The van der Waals surface area contributed by atoms with E-state index in [-0.39, 0.29) is 28.2 Å². The van der Waals surface area contributed by atoms with E-state index in [9.17, 15) is 14.3 Å². The third kappa shape index (κ3) is 3.27. The van der Waals surface area contributed by atoms with Gasteiger partial charge < -0.3 is 10.4 Å². The molecule has 0 fully saturated rings. The van der Waals surface area contributed by atoms with E-state index in [1.807, 2.05) is 0 Å². The number of benzene rings is 2. The van der Waals surface area contributed by atoms with Crippen LogP contribution in [0, 0.1) is 5.82 Å². The molecular weight excluding hydrogens is 281 g/mol. The van der Waals surface area contributed by atoms with E-state index in [0.717, 1.165) is 0 Å². The van der Waals surface area contributed by atoms with Crippen molar-refractivity contribution in [3.8, 4) is 5.75 Å². The first kappa shape index (κ1) is 14.3. The topological polar surface area (TPSA) is 49.3 Å². The maximum atomic E-state index is 13.1. The van der Waals surface area contributed by atoms with Crippen molar-refractivity contribution in [2.24, 2.45) is 0 Å². The van der Waals surface area contributed by atoms with Crippen LogP contribution in [0.2, 0.25) is 5.02 Å². The van der Waals surface area contributed by atoms with Gasteiger partial charge in [0.1, 0.15) is 11.6 Å². The molecule has 2 rings (SSSR count). The zero-order valence-electron chi connectivity index (χ0n) is 10.7. The Morgan fingerprint density at radius 2 is 2.05 bits per heavy atom. The van der Waals surface area contributed by atoms with Crippen LogP contribution in [0.5, 0.6) is 5.75 Å². The maximum Gasteiger partial charge on any atom is 0.253 e. The fraction of sp³-hybridized carbons (Fsp3) is 0.133. The summed E-state index contributed by atoms with van der Waals surface area (Å²) in [6.45, 7) is 1.74. The van der Waals surface area contributed by atoms with E-state index < -0.39 is 5.91 Å². The van der Waals surface area contributed by atoms with Crippen LogP contribution in [0.4, 0.5) is 4.39 Å². The molecule has 1 unspecified atom stereocenters. The Balaban J connectivity index is 2.17. The highest BCUT2D eigenvalue weighted by molar-refractivity contribution is 6.33. The molecule has 0 radical (unpaired) electrons. The summed E-state index contributed by atoms with van der Waals surface area (Å²) in [7, 11) is 0. The lowest BCUT2D eigenvalue weighted by Gasteiger charge is -2.15.